The molecule has 2 aromatic rings. The van der Waals surface area contributed by atoms with E-state index in [0.29, 0.717) is 17.0 Å². The molecule has 4 heteroatoms. The van der Waals surface area contributed by atoms with Crippen LogP contribution in [-0.4, -0.2) is 13.0 Å². The first-order chi connectivity index (χ1) is 9.51. The van der Waals surface area contributed by atoms with E-state index in [1.165, 1.54) is 0 Å². The minimum absolute atomic E-state index is 0.165. The number of ether oxygens (including phenoxy) is 1. The van der Waals surface area contributed by atoms with Gasteiger partial charge in [0, 0.05) is 10.5 Å². The molecule has 20 heavy (non-hydrogen) atoms. The van der Waals surface area contributed by atoms with Gasteiger partial charge >= 0.3 is 0 Å². The number of hydrogen-bond acceptors (Lipinski definition) is 3. The molecule has 0 aromatic heterocycles. The maximum Gasteiger partial charge on any atom is 0.256 e. The highest BCUT2D eigenvalue weighted by Gasteiger charge is 2.12. The van der Waals surface area contributed by atoms with Gasteiger partial charge < -0.3 is 10.1 Å². The van der Waals surface area contributed by atoms with Crippen LogP contribution >= 0.6 is 12.6 Å². The Morgan fingerprint density at radius 1 is 1.15 bits per heavy atom. The summed E-state index contributed by atoms with van der Waals surface area (Å²) in [6.45, 7) is 3.87. The molecule has 0 aliphatic rings. The van der Waals surface area contributed by atoms with Crippen molar-refractivity contribution < 1.29 is 9.53 Å². The third-order valence-corrected chi connectivity index (χ3v) is 3.35. The molecular weight excluding hydrogens is 270 g/mol. The Morgan fingerprint density at radius 3 is 2.60 bits per heavy atom. The molecule has 2 rings (SSSR count). The first-order valence-electron chi connectivity index (χ1n) is 6.27. The molecule has 1 N–H and O–H groups in total. The molecule has 0 atom stereocenters. The smallest absolute Gasteiger partial charge is 0.256 e. The molecular formula is C16H17NO2S. The number of carbonyl (C=O) groups excluding carboxylic acids is 1. The van der Waals surface area contributed by atoms with E-state index < -0.39 is 0 Å². The number of methoxy groups -OCH3 is 1. The highest BCUT2D eigenvalue weighted by Crippen LogP contribution is 2.26. The molecule has 3 nitrogen and oxygen atoms in total. The van der Waals surface area contributed by atoms with Gasteiger partial charge in [-0.05, 0) is 49.2 Å². The van der Waals surface area contributed by atoms with Crippen molar-refractivity contribution >= 4 is 24.2 Å². The number of anilines is 1. The van der Waals surface area contributed by atoms with E-state index in [1.54, 1.807) is 13.2 Å². The van der Waals surface area contributed by atoms with Gasteiger partial charge in [-0.15, -0.1) is 12.6 Å². The Labute approximate surface area is 124 Å². The minimum Gasteiger partial charge on any atom is -0.495 e. The summed E-state index contributed by atoms with van der Waals surface area (Å²) in [6.07, 6.45) is 0. The molecule has 0 fully saturated rings. The molecule has 0 saturated carbocycles. The van der Waals surface area contributed by atoms with Gasteiger partial charge in [0.25, 0.3) is 5.91 Å². The normalized spacial score (nSPS) is 10.2. The van der Waals surface area contributed by atoms with Crippen LogP contribution in [0.4, 0.5) is 5.69 Å². The van der Waals surface area contributed by atoms with Crippen LogP contribution in [0.3, 0.4) is 0 Å². The average molecular weight is 287 g/mol. The number of rotatable bonds is 3. The number of benzene rings is 2. The third kappa shape index (κ3) is 3.14. The molecule has 2 aromatic carbocycles. The standard InChI is InChI=1S/C16H17NO2S/c1-10-4-7-15(19-3)14(8-10)17-16(18)13-9-12(20)6-5-11(13)2/h4-9,20H,1-3H3,(H,17,18). The Balaban J connectivity index is 2.32. The highest BCUT2D eigenvalue weighted by molar-refractivity contribution is 7.80. The summed E-state index contributed by atoms with van der Waals surface area (Å²) in [5.41, 5.74) is 3.25. The average Bonchev–Trinajstić information content (AvgIpc) is 2.41. The quantitative estimate of drug-likeness (QED) is 0.841. The van der Waals surface area contributed by atoms with Gasteiger partial charge in [-0.1, -0.05) is 12.1 Å². The van der Waals surface area contributed by atoms with E-state index in [9.17, 15) is 4.79 Å². The van der Waals surface area contributed by atoms with Gasteiger partial charge in [-0.3, -0.25) is 4.79 Å². The molecule has 0 aliphatic heterocycles. The van der Waals surface area contributed by atoms with E-state index in [4.69, 9.17) is 4.74 Å². The fourth-order valence-corrected chi connectivity index (χ4v) is 2.17. The van der Waals surface area contributed by atoms with E-state index in [1.807, 2.05) is 44.2 Å². The fourth-order valence-electron chi connectivity index (χ4n) is 1.96. The van der Waals surface area contributed by atoms with Crippen LogP contribution in [0.1, 0.15) is 21.5 Å². The summed E-state index contributed by atoms with van der Waals surface area (Å²) in [5.74, 6) is 0.478. The van der Waals surface area contributed by atoms with Crippen molar-refractivity contribution in [2.45, 2.75) is 18.7 Å². The molecule has 0 spiro atoms. The van der Waals surface area contributed by atoms with Crippen molar-refractivity contribution in [1.82, 2.24) is 0 Å². The molecule has 104 valence electrons. The van der Waals surface area contributed by atoms with E-state index in [0.717, 1.165) is 16.0 Å². The lowest BCUT2D eigenvalue weighted by molar-refractivity contribution is 0.102. The Bertz CT molecular complexity index is 653. The Morgan fingerprint density at radius 2 is 1.90 bits per heavy atom. The van der Waals surface area contributed by atoms with Crippen LogP contribution in [0.25, 0.3) is 0 Å². The van der Waals surface area contributed by atoms with Crippen LogP contribution in [-0.2, 0) is 0 Å². The van der Waals surface area contributed by atoms with Gasteiger partial charge in [-0.2, -0.15) is 0 Å². The number of carbonyl (C=O) groups is 1. The van der Waals surface area contributed by atoms with Gasteiger partial charge in [-0.25, -0.2) is 0 Å². The van der Waals surface area contributed by atoms with Crippen molar-refractivity contribution in [1.29, 1.82) is 0 Å². The number of hydrogen-bond donors (Lipinski definition) is 2. The largest absolute Gasteiger partial charge is 0.495 e. The van der Waals surface area contributed by atoms with Gasteiger partial charge in [0.1, 0.15) is 5.75 Å². The summed E-state index contributed by atoms with van der Waals surface area (Å²) in [7, 11) is 1.58. The second-order valence-corrected chi connectivity index (χ2v) is 5.17. The molecule has 0 unspecified atom stereocenters. The predicted octanol–water partition coefficient (Wildman–Crippen LogP) is 3.85. The zero-order chi connectivity index (χ0) is 14.7. The lowest BCUT2D eigenvalue weighted by atomic mass is 10.1. The molecule has 0 heterocycles. The maximum atomic E-state index is 12.4. The van der Waals surface area contributed by atoms with Crippen LogP contribution in [0.15, 0.2) is 41.3 Å². The summed E-state index contributed by atoms with van der Waals surface area (Å²) in [6, 6.07) is 11.2. The van der Waals surface area contributed by atoms with Crippen molar-refractivity contribution in [2.24, 2.45) is 0 Å². The lowest BCUT2D eigenvalue weighted by Crippen LogP contribution is -2.14. The molecule has 0 bridgehead atoms. The second-order valence-electron chi connectivity index (χ2n) is 4.66. The van der Waals surface area contributed by atoms with Crippen LogP contribution in [0.5, 0.6) is 5.75 Å². The minimum atomic E-state index is -0.165. The molecule has 1 amide bonds. The molecule has 0 saturated heterocycles. The van der Waals surface area contributed by atoms with Crippen LogP contribution in [0.2, 0.25) is 0 Å². The summed E-state index contributed by atoms with van der Waals surface area (Å²) < 4.78 is 5.26. The summed E-state index contributed by atoms with van der Waals surface area (Å²) >= 11 is 4.27. The number of nitrogens with one attached hydrogen (secondary N) is 1. The zero-order valence-corrected chi connectivity index (χ0v) is 12.6. The monoisotopic (exact) mass is 287 g/mol. The third-order valence-electron chi connectivity index (χ3n) is 3.07. The first-order valence-corrected chi connectivity index (χ1v) is 6.71. The molecule has 0 radical (unpaired) electrons. The fraction of sp³-hybridized carbons (Fsp3) is 0.188. The number of aryl methyl sites for hydroxylation is 2. The topological polar surface area (TPSA) is 38.3 Å². The summed E-state index contributed by atoms with van der Waals surface area (Å²) in [5, 5.41) is 2.89. The van der Waals surface area contributed by atoms with Gasteiger partial charge in [0.05, 0.1) is 12.8 Å². The van der Waals surface area contributed by atoms with E-state index >= 15 is 0 Å². The highest BCUT2D eigenvalue weighted by atomic mass is 32.1. The summed E-state index contributed by atoms with van der Waals surface area (Å²) in [4.78, 5) is 13.1. The van der Waals surface area contributed by atoms with E-state index in [-0.39, 0.29) is 5.91 Å². The van der Waals surface area contributed by atoms with Gasteiger partial charge in [0.2, 0.25) is 0 Å². The van der Waals surface area contributed by atoms with E-state index in [2.05, 4.69) is 17.9 Å². The lowest BCUT2D eigenvalue weighted by Gasteiger charge is -2.12. The van der Waals surface area contributed by atoms with Gasteiger partial charge in [0.15, 0.2) is 0 Å². The van der Waals surface area contributed by atoms with Crippen molar-refractivity contribution in [3.63, 3.8) is 0 Å². The SMILES string of the molecule is COc1ccc(C)cc1NC(=O)c1cc(S)ccc1C. The molecule has 0 aliphatic carbocycles. The predicted molar refractivity (Wildman–Crippen MR) is 84.1 cm³/mol. The second kappa shape index (κ2) is 6.01. The Hall–Kier alpha value is -1.94. The number of thiol groups is 1. The van der Waals surface area contributed by atoms with Crippen molar-refractivity contribution in [3.05, 3.63) is 53.1 Å². The first kappa shape index (κ1) is 14.5. The van der Waals surface area contributed by atoms with Crippen LogP contribution in [0, 0.1) is 13.8 Å². The zero-order valence-electron chi connectivity index (χ0n) is 11.7. The maximum absolute atomic E-state index is 12.4. The van der Waals surface area contributed by atoms with Crippen molar-refractivity contribution in [3.8, 4) is 5.75 Å². The Kier molecular flexibility index (Phi) is 4.35. The van der Waals surface area contributed by atoms with Crippen molar-refractivity contribution in [2.75, 3.05) is 12.4 Å². The van der Waals surface area contributed by atoms with Crippen LogP contribution < -0.4 is 10.1 Å². The number of amides is 1.